The number of carbonyl (C=O) groups excluding carboxylic acids is 3. The van der Waals surface area contributed by atoms with Crippen LogP contribution in [0.4, 0.5) is 8.78 Å². The molecule has 2 fully saturated rings. The molecule has 7 heteroatoms. The molecule has 2 atom stereocenters. The van der Waals surface area contributed by atoms with Crippen molar-refractivity contribution in [2.75, 3.05) is 7.11 Å². The highest BCUT2D eigenvalue weighted by molar-refractivity contribution is 5.85. The minimum atomic E-state index is -0.874. The van der Waals surface area contributed by atoms with E-state index in [4.69, 9.17) is 4.74 Å². The molecule has 0 radical (unpaired) electrons. The summed E-state index contributed by atoms with van der Waals surface area (Å²) in [5.41, 5.74) is 1.000. The second-order valence-corrected chi connectivity index (χ2v) is 11.6. The number of hydrogen-bond donors (Lipinski definition) is 1. The summed E-state index contributed by atoms with van der Waals surface area (Å²) < 4.78 is 32.9. The van der Waals surface area contributed by atoms with Crippen LogP contribution in [0.3, 0.4) is 0 Å². The Morgan fingerprint density at radius 2 is 1.63 bits per heavy atom. The molecule has 1 N–H and O–H groups in total. The monoisotopic (exact) mass is 581 g/mol. The Hall–Kier alpha value is -2.15. The number of amides is 1. The first-order chi connectivity index (χ1) is 19.6. The second kappa shape index (κ2) is 21.5. The Labute approximate surface area is 248 Å². The van der Waals surface area contributed by atoms with Gasteiger partial charge >= 0.3 is 0 Å². The molecule has 1 spiro atoms. The van der Waals surface area contributed by atoms with Gasteiger partial charge in [0, 0.05) is 37.5 Å². The Balaban J connectivity index is 0.000000599. The van der Waals surface area contributed by atoms with E-state index in [0.717, 1.165) is 24.7 Å². The molecule has 0 saturated heterocycles. The third-order valence-corrected chi connectivity index (χ3v) is 8.00. The zero-order valence-corrected chi connectivity index (χ0v) is 27.0. The maximum atomic E-state index is 13.8. The number of ether oxygens (including phenoxy) is 1. The SMILES string of the molecule is CC.CCC(=O)C(CCC=O)c1c(F)cc(C)cc1F.CCC(CC(C)C)NC=O.COC1CC2(CCCCC2)C1. The lowest BCUT2D eigenvalue weighted by Gasteiger charge is -2.49. The van der Waals surface area contributed by atoms with E-state index in [-0.39, 0.29) is 30.6 Å². The van der Waals surface area contributed by atoms with Gasteiger partial charge in [0.15, 0.2) is 0 Å². The van der Waals surface area contributed by atoms with Gasteiger partial charge in [0.05, 0.1) is 6.10 Å². The summed E-state index contributed by atoms with van der Waals surface area (Å²) in [4.78, 5) is 32.2. The maximum Gasteiger partial charge on any atom is 0.207 e. The van der Waals surface area contributed by atoms with Crippen molar-refractivity contribution in [1.29, 1.82) is 0 Å². The van der Waals surface area contributed by atoms with Crippen LogP contribution in [0.5, 0.6) is 0 Å². The van der Waals surface area contributed by atoms with Crippen LogP contribution in [0.25, 0.3) is 0 Å². The number of benzene rings is 1. The molecule has 1 aromatic carbocycles. The summed E-state index contributed by atoms with van der Waals surface area (Å²) in [6.45, 7) is 13.6. The number of hydrogen-bond acceptors (Lipinski definition) is 4. The predicted octanol–water partition coefficient (Wildman–Crippen LogP) is 8.64. The fourth-order valence-corrected chi connectivity index (χ4v) is 5.79. The number of methoxy groups -OCH3 is 1. The molecule has 3 rings (SSSR count). The summed E-state index contributed by atoms with van der Waals surface area (Å²) in [5, 5.41) is 2.78. The highest BCUT2D eigenvalue weighted by atomic mass is 19.1. The van der Waals surface area contributed by atoms with Gasteiger partial charge in [-0.1, -0.05) is 60.8 Å². The quantitative estimate of drug-likeness (QED) is 0.251. The van der Waals surface area contributed by atoms with E-state index < -0.39 is 17.6 Å². The van der Waals surface area contributed by atoms with Gasteiger partial charge in [-0.15, -0.1) is 0 Å². The minimum Gasteiger partial charge on any atom is -0.381 e. The molecule has 0 bridgehead atoms. The van der Waals surface area contributed by atoms with E-state index in [1.54, 1.807) is 13.8 Å². The highest BCUT2D eigenvalue weighted by Crippen LogP contribution is 2.52. The van der Waals surface area contributed by atoms with Crippen LogP contribution in [-0.4, -0.2) is 37.7 Å². The lowest BCUT2D eigenvalue weighted by atomic mass is 9.59. The van der Waals surface area contributed by atoms with Gasteiger partial charge in [0.2, 0.25) is 6.41 Å². The standard InChI is InChI=1S/C14H16F2O2.C10H18O.C8H17NO.C2H6/c1-3-13(18)10(5-4-6-17)14-11(15)7-9(2)8-12(14)16;1-11-9-7-10(8-9)5-3-2-4-6-10;1-4-8(9-6-10)5-7(2)3;1-2/h6-8,10H,3-5H2,1-2H3;9H,2-8H2,1H3;6-8H,4-5H2,1-3H3,(H,9,10);1-2H3. The zero-order chi connectivity index (χ0) is 31.4. The number of aryl methyl sites for hydroxylation is 1. The largest absolute Gasteiger partial charge is 0.381 e. The normalized spacial score (nSPS) is 16.9. The third-order valence-electron chi connectivity index (χ3n) is 8.00. The van der Waals surface area contributed by atoms with Gasteiger partial charge in [0.1, 0.15) is 23.7 Å². The van der Waals surface area contributed by atoms with Crippen molar-refractivity contribution in [2.24, 2.45) is 11.3 Å². The van der Waals surface area contributed by atoms with Gasteiger partial charge in [-0.3, -0.25) is 9.59 Å². The summed E-state index contributed by atoms with van der Waals surface area (Å²) in [7, 11) is 1.85. The molecule has 1 amide bonds. The van der Waals surface area contributed by atoms with Crippen molar-refractivity contribution in [3.63, 3.8) is 0 Å². The molecule has 5 nitrogen and oxygen atoms in total. The summed E-state index contributed by atoms with van der Waals surface area (Å²) in [6, 6.07) is 2.78. The van der Waals surface area contributed by atoms with Gasteiger partial charge in [0.25, 0.3) is 0 Å². The first-order valence-electron chi connectivity index (χ1n) is 15.7. The number of nitrogens with one attached hydrogen (secondary N) is 1. The number of rotatable bonds is 12. The summed E-state index contributed by atoms with van der Waals surface area (Å²) in [5.74, 6) is -1.90. The van der Waals surface area contributed by atoms with Crippen LogP contribution in [-0.2, 0) is 19.1 Å². The third kappa shape index (κ3) is 14.0. The van der Waals surface area contributed by atoms with Crippen LogP contribution in [0.15, 0.2) is 12.1 Å². The first-order valence-corrected chi connectivity index (χ1v) is 15.7. The number of aldehydes is 1. The summed E-state index contributed by atoms with van der Waals surface area (Å²) in [6.07, 6.45) is 14.7. The van der Waals surface area contributed by atoms with E-state index in [2.05, 4.69) is 26.1 Å². The van der Waals surface area contributed by atoms with Crippen molar-refractivity contribution in [1.82, 2.24) is 5.32 Å². The van der Waals surface area contributed by atoms with Crippen LogP contribution in [0, 0.1) is 29.9 Å². The molecule has 2 aliphatic rings. The Kier molecular flexibility index (Phi) is 20.4. The average molecular weight is 582 g/mol. The fraction of sp³-hybridized carbons (Fsp3) is 0.735. The number of ketones is 1. The molecular weight excluding hydrogens is 524 g/mol. The minimum absolute atomic E-state index is 0.114. The molecule has 1 aromatic rings. The van der Waals surface area contributed by atoms with Crippen molar-refractivity contribution >= 4 is 18.5 Å². The number of carbonyl (C=O) groups is 3. The molecular formula is C34H57F2NO4. The van der Waals surface area contributed by atoms with Gasteiger partial charge in [-0.05, 0) is 80.9 Å². The molecule has 0 heterocycles. The van der Waals surface area contributed by atoms with Crippen molar-refractivity contribution in [3.05, 3.63) is 34.9 Å². The topological polar surface area (TPSA) is 72.5 Å². The Morgan fingerprint density at radius 1 is 1.07 bits per heavy atom. The zero-order valence-electron chi connectivity index (χ0n) is 27.0. The van der Waals surface area contributed by atoms with E-state index in [1.165, 1.54) is 57.1 Å². The van der Waals surface area contributed by atoms with Crippen molar-refractivity contribution in [3.8, 4) is 0 Å². The van der Waals surface area contributed by atoms with Crippen molar-refractivity contribution < 1.29 is 27.9 Å². The molecule has 236 valence electrons. The van der Waals surface area contributed by atoms with Gasteiger partial charge in [-0.25, -0.2) is 8.78 Å². The highest BCUT2D eigenvalue weighted by Gasteiger charge is 2.44. The van der Waals surface area contributed by atoms with Crippen LogP contribution < -0.4 is 5.32 Å². The van der Waals surface area contributed by atoms with Gasteiger partial charge in [-0.2, -0.15) is 0 Å². The molecule has 2 unspecified atom stereocenters. The van der Waals surface area contributed by atoms with Crippen LogP contribution in [0.2, 0.25) is 0 Å². The number of Topliss-reactive ketones (excluding diaryl/α,β-unsaturated/α-hetero) is 1. The Morgan fingerprint density at radius 3 is 2.05 bits per heavy atom. The lowest BCUT2D eigenvalue weighted by molar-refractivity contribution is -0.120. The van der Waals surface area contributed by atoms with E-state index in [9.17, 15) is 23.2 Å². The maximum absolute atomic E-state index is 13.8. The lowest BCUT2D eigenvalue weighted by Crippen LogP contribution is -2.43. The molecule has 2 saturated carbocycles. The van der Waals surface area contributed by atoms with E-state index in [0.29, 0.717) is 29.9 Å². The van der Waals surface area contributed by atoms with E-state index in [1.807, 2.05) is 21.0 Å². The summed E-state index contributed by atoms with van der Waals surface area (Å²) >= 11 is 0. The van der Waals surface area contributed by atoms with Crippen LogP contribution in [0.1, 0.15) is 136 Å². The van der Waals surface area contributed by atoms with Gasteiger partial charge < -0.3 is 14.8 Å². The van der Waals surface area contributed by atoms with Crippen molar-refractivity contribution in [2.45, 2.75) is 144 Å². The predicted molar refractivity (Wildman–Crippen MR) is 164 cm³/mol. The van der Waals surface area contributed by atoms with Crippen LogP contribution >= 0.6 is 0 Å². The van der Waals surface area contributed by atoms with E-state index >= 15 is 0 Å². The first kappa shape index (κ1) is 38.9. The fourth-order valence-electron chi connectivity index (χ4n) is 5.79. The average Bonchev–Trinajstić information content (AvgIpc) is 2.94. The number of halogens is 2. The molecule has 0 aliphatic heterocycles. The molecule has 2 aliphatic carbocycles. The molecule has 0 aromatic heterocycles. The molecule has 41 heavy (non-hydrogen) atoms. The Bertz CT molecular complexity index is 852. The smallest absolute Gasteiger partial charge is 0.207 e. The second-order valence-electron chi connectivity index (χ2n) is 11.6.